The number of rotatable bonds is 5. The highest BCUT2D eigenvalue weighted by Crippen LogP contribution is 2.25. The van der Waals surface area contributed by atoms with E-state index in [9.17, 15) is 0 Å². The molecule has 0 bridgehead atoms. The Morgan fingerprint density at radius 3 is 3.06 bits per heavy atom. The molecule has 2 unspecified atom stereocenters. The number of hydrogen-bond donors (Lipinski definition) is 1. The normalized spacial score (nSPS) is 28.8. The molecule has 2 atom stereocenters. The van der Waals surface area contributed by atoms with Gasteiger partial charge >= 0.3 is 0 Å². The molecule has 1 N–H and O–H groups in total. The summed E-state index contributed by atoms with van der Waals surface area (Å²) in [5.41, 5.74) is 1.49. The molecule has 1 aliphatic heterocycles. The predicted octanol–water partition coefficient (Wildman–Crippen LogP) is 2.56. The van der Waals surface area contributed by atoms with Gasteiger partial charge in [-0.2, -0.15) is 0 Å². The highest BCUT2D eigenvalue weighted by molar-refractivity contribution is 5.08. The summed E-state index contributed by atoms with van der Waals surface area (Å²) in [5, 5.41) is 3.66. The highest BCUT2D eigenvalue weighted by Gasteiger charge is 2.36. The number of nitrogens with one attached hydrogen (secondary N) is 1. The lowest BCUT2D eigenvalue weighted by Crippen LogP contribution is -2.47. The topological polar surface area (TPSA) is 26.2 Å². The van der Waals surface area contributed by atoms with Crippen molar-refractivity contribution < 1.29 is 4.74 Å². The fourth-order valence-corrected chi connectivity index (χ4v) is 2.43. The molecule has 1 saturated heterocycles. The van der Waals surface area contributed by atoms with Gasteiger partial charge in [0.1, 0.15) is 0 Å². The zero-order valence-corrected chi connectivity index (χ0v) is 11.2. The summed E-state index contributed by atoms with van der Waals surface area (Å²) in [5.74, 6) is 0. The lowest BCUT2D eigenvalue weighted by atomic mass is 9.94. The van der Waals surface area contributed by atoms with Crippen molar-refractivity contribution in [1.82, 2.24) is 9.88 Å². The maximum absolute atomic E-state index is 5.65. The van der Waals surface area contributed by atoms with Crippen molar-refractivity contribution in [2.24, 2.45) is 0 Å². The predicted molar refractivity (Wildman–Crippen MR) is 70.0 cm³/mol. The molecule has 1 aliphatic rings. The molecule has 3 nitrogen and oxygen atoms in total. The summed E-state index contributed by atoms with van der Waals surface area (Å²) in [6.45, 7) is 9.54. The number of aromatic nitrogens is 1. The summed E-state index contributed by atoms with van der Waals surface area (Å²) < 4.78 is 7.98. The number of aryl methyl sites for hydroxylation is 1. The van der Waals surface area contributed by atoms with Gasteiger partial charge in [0.15, 0.2) is 0 Å². The second-order valence-corrected chi connectivity index (χ2v) is 5.23. The van der Waals surface area contributed by atoms with Crippen molar-refractivity contribution in [2.45, 2.75) is 58.3 Å². The van der Waals surface area contributed by atoms with Gasteiger partial charge in [0.25, 0.3) is 0 Å². The van der Waals surface area contributed by atoms with Crippen molar-refractivity contribution in [2.75, 3.05) is 6.61 Å². The van der Waals surface area contributed by atoms with E-state index in [0.29, 0.717) is 6.10 Å². The van der Waals surface area contributed by atoms with Gasteiger partial charge in [-0.3, -0.25) is 0 Å². The quantitative estimate of drug-likeness (QED) is 0.850. The highest BCUT2D eigenvalue weighted by atomic mass is 16.5. The second kappa shape index (κ2) is 5.23. The minimum atomic E-state index is 0.126. The van der Waals surface area contributed by atoms with Crippen LogP contribution >= 0.6 is 0 Å². The summed E-state index contributed by atoms with van der Waals surface area (Å²) in [6, 6.07) is 4.33. The largest absolute Gasteiger partial charge is 0.377 e. The van der Waals surface area contributed by atoms with Crippen LogP contribution in [0.4, 0.5) is 0 Å². The summed E-state index contributed by atoms with van der Waals surface area (Å²) >= 11 is 0. The third-order valence-corrected chi connectivity index (χ3v) is 3.95. The molecule has 17 heavy (non-hydrogen) atoms. The van der Waals surface area contributed by atoms with E-state index in [-0.39, 0.29) is 5.54 Å². The Balaban J connectivity index is 1.95. The van der Waals surface area contributed by atoms with Crippen LogP contribution in [0, 0.1) is 0 Å². The molecule has 1 aromatic rings. The van der Waals surface area contributed by atoms with Crippen LogP contribution in [0.25, 0.3) is 0 Å². The Labute approximate surface area is 104 Å². The molecule has 3 heteroatoms. The number of ether oxygens (including phenoxy) is 1. The zero-order valence-electron chi connectivity index (χ0n) is 11.2. The van der Waals surface area contributed by atoms with Gasteiger partial charge in [-0.05, 0) is 38.8 Å². The fraction of sp³-hybridized carbons (Fsp3) is 0.714. The first-order chi connectivity index (χ1) is 8.15. The van der Waals surface area contributed by atoms with Gasteiger partial charge in [-0.15, -0.1) is 0 Å². The Morgan fingerprint density at radius 2 is 2.41 bits per heavy atom. The minimum absolute atomic E-state index is 0.126. The Bertz CT molecular complexity index is 361. The van der Waals surface area contributed by atoms with E-state index in [4.69, 9.17) is 4.74 Å². The van der Waals surface area contributed by atoms with E-state index in [2.05, 4.69) is 49.0 Å². The maximum atomic E-state index is 5.65. The average Bonchev–Trinajstić information content (AvgIpc) is 2.86. The minimum Gasteiger partial charge on any atom is -0.377 e. The maximum Gasteiger partial charge on any atom is 0.0726 e. The van der Waals surface area contributed by atoms with E-state index in [0.717, 1.165) is 26.1 Å². The van der Waals surface area contributed by atoms with Crippen LogP contribution in [0.1, 0.15) is 39.3 Å². The molecule has 0 radical (unpaired) electrons. The molecule has 96 valence electrons. The molecular formula is C14H24N2O. The van der Waals surface area contributed by atoms with Crippen LogP contribution in [0.3, 0.4) is 0 Å². The molecule has 0 aromatic carbocycles. The molecule has 1 fully saturated rings. The van der Waals surface area contributed by atoms with Crippen molar-refractivity contribution in [1.29, 1.82) is 0 Å². The van der Waals surface area contributed by atoms with E-state index in [1.165, 1.54) is 12.1 Å². The summed E-state index contributed by atoms with van der Waals surface area (Å²) in [6.07, 6.45) is 4.75. The van der Waals surface area contributed by atoms with Crippen LogP contribution in [0.2, 0.25) is 0 Å². The Kier molecular flexibility index (Phi) is 3.89. The van der Waals surface area contributed by atoms with Crippen LogP contribution in [0.15, 0.2) is 18.3 Å². The molecule has 0 spiro atoms. The van der Waals surface area contributed by atoms with Gasteiger partial charge in [-0.1, -0.05) is 6.92 Å². The first-order valence-corrected chi connectivity index (χ1v) is 6.66. The van der Waals surface area contributed by atoms with Gasteiger partial charge in [0, 0.05) is 37.1 Å². The summed E-state index contributed by atoms with van der Waals surface area (Å²) in [4.78, 5) is 0. The van der Waals surface area contributed by atoms with Crippen molar-refractivity contribution in [3.8, 4) is 0 Å². The monoisotopic (exact) mass is 236 g/mol. The third kappa shape index (κ3) is 2.72. The molecule has 2 rings (SSSR count). The van der Waals surface area contributed by atoms with Crippen LogP contribution < -0.4 is 5.32 Å². The molecular weight excluding hydrogens is 212 g/mol. The molecule has 0 amide bonds. The van der Waals surface area contributed by atoms with Crippen molar-refractivity contribution in [3.63, 3.8) is 0 Å². The molecule has 1 aromatic heterocycles. The van der Waals surface area contributed by atoms with Gasteiger partial charge in [0.05, 0.1) is 6.10 Å². The lowest BCUT2D eigenvalue weighted by Gasteiger charge is -2.29. The Morgan fingerprint density at radius 1 is 1.59 bits per heavy atom. The average molecular weight is 236 g/mol. The van der Waals surface area contributed by atoms with E-state index in [1.807, 2.05) is 0 Å². The van der Waals surface area contributed by atoms with Crippen molar-refractivity contribution >= 4 is 0 Å². The van der Waals surface area contributed by atoms with Gasteiger partial charge in [-0.25, -0.2) is 0 Å². The van der Waals surface area contributed by atoms with Crippen LogP contribution in [-0.4, -0.2) is 22.8 Å². The first kappa shape index (κ1) is 12.7. The standard InChI is InChI=1S/C14H24N2O/c1-4-8-16-9-5-6-13(16)11-15-14(3)7-10-17-12(14)2/h5-6,9,12,15H,4,7-8,10-11H2,1-3H3. The van der Waals surface area contributed by atoms with E-state index in [1.54, 1.807) is 0 Å². The van der Waals surface area contributed by atoms with Crippen molar-refractivity contribution in [3.05, 3.63) is 24.0 Å². The second-order valence-electron chi connectivity index (χ2n) is 5.23. The van der Waals surface area contributed by atoms with Crippen LogP contribution in [-0.2, 0) is 17.8 Å². The lowest BCUT2D eigenvalue weighted by molar-refractivity contribution is 0.0879. The van der Waals surface area contributed by atoms with E-state index >= 15 is 0 Å². The SMILES string of the molecule is CCCn1cccc1CNC1(C)CCOC1C. The third-order valence-electron chi connectivity index (χ3n) is 3.95. The first-order valence-electron chi connectivity index (χ1n) is 6.66. The van der Waals surface area contributed by atoms with Gasteiger partial charge in [0.2, 0.25) is 0 Å². The van der Waals surface area contributed by atoms with Crippen LogP contribution in [0.5, 0.6) is 0 Å². The van der Waals surface area contributed by atoms with E-state index < -0.39 is 0 Å². The smallest absolute Gasteiger partial charge is 0.0726 e. The zero-order chi connectivity index (χ0) is 12.3. The van der Waals surface area contributed by atoms with Gasteiger partial charge < -0.3 is 14.6 Å². The number of hydrogen-bond acceptors (Lipinski definition) is 2. The fourth-order valence-electron chi connectivity index (χ4n) is 2.43. The molecule has 0 saturated carbocycles. The number of nitrogens with zero attached hydrogens (tertiary/aromatic N) is 1. The Hall–Kier alpha value is -0.800. The molecule has 2 heterocycles. The summed E-state index contributed by atoms with van der Waals surface area (Å²) in [7, 11) is 0. The molecule has 0 aliphatic carbocycles.